The number of hydrogen-bond donors (Lipinski definition) is 1. The highest BCUT2D eigenvalue weighted by Gasteiger charge is 2.17. The average Bonchev–Trinajstić information content (AvgIpc) is 3.42. The van der Waals surface area contributed by atoms with Gasteiger partial charge in [0.15, 0.2) is 11.0 Å². The van der Waals surface area contributed by atoms with Crippen molar-refractivity contribution in [2.24, 2.45) is 0 Å². The van der Waals surface area contributed by atoms with Crippen LogP contribution in [0.15, 0.2) is 47.8 Å². The Balaban J connectivity index is 1.37. The minimum absolute atomic E-state index is 0.203. The first-order valence-corrected chi connectivity index (χ1v) is 13.6. The van der Waals surface area contributed by atoms with E-state index in [0.717, 1.165) is 48.7 Å². The lowest BCUT2D eigenvalue weighted by atomic mass is 10.1. The molecule has 1 N–H and O–H groups in total. The highest BCUT2D eigenvalue weighted by molar-refractivity contribution is 7.13. The van der Waals surface area contributed by atoms with E-state index in [1.165, 1.54) is 17.8 Å². The third kappa shape index (κ3) is 6.20. The van der Waals surface area contributed by atoms with Crippen molar-refractivity contribution in [3.05, 3.63) is 64.9 Å². The van der Waals surface area contributed by atoms with Gasteiger partial charge in [-0.2, -0.15) is 0 Å². The molecule has 0 bridgehead atoms. The Morgan fingerprint density at radius 3 is 2.66 bits per heavy atom. The predicted octanol–water partition coefficient (Wildman–Crippen LogP) is 5.89. The summed E-state index contributed by atoms with van der Waals surface area (Å²) in [6.07, 6.45) is 4.27. The number of rotatable bonds is 9. The zero-order chi connectivity index (χ0) is 26.5. The van der Waals surface area contributed by atoms with E-state index in [0.29, 0.717) is 34.6 Å². The van der Waals surface area contributed by atoms with Gasteiger partial charge in [0, 0.05) is 42.6 Å². The minimum Gasteiger partial charge on any atom is -0.488 e. The van der Waals surface area contributed by atoms with E-state index >= 15 is 0 Å². The second kappa shape index (κ2) is 11.7. The smallest absolute Gasteiger partial charge is 0.257 e. The molecule has 198 valence electrons. The molecule has 0 saturated carbocycles. The fourth-order valence-electron chi connectivity index (χ4n) is 4.42. The second-order valence-electron chi connectivity index (χ2n) is 9.35. The zero-order valence-corrected chi connectivity index (χ0v) is 22.6. The molecule has 10 heteroatoms. The Bertz CT molecular complexity index is 1400. The Labute approximate surface area is 225 Å². The Morgan fingerprint density at radius 2 is 1.89 bits per heavy atom. The molecule has 1 unspecified atom stereocenters. The molecule has 4 aromatic rings. The largest absolute Gasteiger partial charge is 0.488 e. The van der Waals surface area contributed by atoms with Crippen LogP contribution in [0.25, 0.3) is 11.4 Å². The van der Waals surface area contributed by atoms with Crippen LogP contribution in [0.1, 0.15) is 48.1 Å². The standard InChI is InChI=1S/C28H31N5O4S/c1-18-17-38-28(29-18)30-27(34)21-13-23(36-19(2)16-35-3)15-24(14-21)37-22-10-8-20(9-11-22)26-32-31-25-7-5-4-6-12-33(25)26/h8-11,13-15,17,19H,4-7,12,16H2,1-3H3,(H,29,30,34). The molecule has 2 aromatic heterocycles. The fraction of sp³-hybridized carbons (Fsp3) is 0.357. The number of aryl methyl sites for hydroxylation is 2. The van der Waals surface area contributed by atoms with Gasteiger partial charge in [-0.1, -0.05) is 6.42 Å². The summed E-state index contributed by atoms with van der Waals surface area (Å²) in [5, 5.41) is 14.1. The maximum Gasteiger partial charge on any atom is 0.257 e. The van der Waals surface area contributed by atoms with Crippen molar-refractivity contribution in [3.63, 3.8) is 0 Å². The maximum atomic E-state index is 13.0. The van der Waals surface area contributed by atoms with E-state index in [1.54, 1.807) is 25.3 Å². The molecule has 0 aliphatic carbocycles. The molecule has 0 fully saturated rings. The van der Waals surface area contributed by atoms with E-state index in [2.05, 4.69) is 25.1 Å². The predicted molar refractivity (Wildman–Crippen MR) is 146 cm³/mol. The molecular formula is C28H31N5O4S. The molecule has 1 aliphatic heterocycles. The first kappa shape index (κ1) is 25.9. The highest BCUT2D eigenvalue weighted by atomic mass is 32.1. The van der Waals surface area contributed by atoms with Crippen LogP contribution in [0.2, 0.25) is 0 Å². The summed E-state index contributed by atoms with van der Waals surface area (Å²) in [5.74, 6) is 3.26. The quantitative estimate of drug-likeness (QED) is 0.286. The number of thiazole rings is 1. The minimum atomic E-state index is -0.295. The van der Waals surface area contributed by atoms with E-state index < -0.39 is 0 Å². The molecule has 38 heavy (non-hydrogen) atoms. The topological polar surface area (TPSA) is 100 Å². The van der Waals surface area contributed by atoms with Gasteiger partial charge < -0.3 is 18.8 Å². The second-order valence-corrected chi connectivity index (χ2v) is 10.2. The van der Waals surface area contributed by atoms with Gasteiger partial charge in [0.25, 0.3) is 5.91 Å². The van der Waals surface area contributed by atoms with E-state index in [1.807, 2.05) is 43.5 Å². The van der Waals surface area contributed by atoms with Gasteiger partial charge in [0.1, 0.15) is 29.2 Å². The van der Waals surface area contributed by atoms with Crippen LogP contribution in [0.5, 0.6) is 17.2 Å². The van der Waals surface area contributed by atoms with Gasteiger partial charge in [-0.25, -0.2) is 4.98 Å². The Kier molecular flexibility index (Phi) is 8.00. The summed E-state index contributed by atoms with van der Waals surface area (Å²) >= 11 is 1.38. The number of aromatic nitrogens is 4. The Hall–Kier alpha value is -3.76. The van der Waals surface area contributed by atoms with Crippen LogP contribution in [0.3, 0.4) is 0 Å². The summed E-state index contributed by atoms with van der Waals surface area (Å²) in [5.41, 5.74) is 2.24. The number of nitrogens with zero attached hydrogens (tertiary/aromatic N) is 4. The summed E-state index contributed by atoms with van der Waals surface area (Å²) in [6, 6.07) is 12.9. The van der Waals surface area contributed by atoms with Crippen LogP contribution in [0.4, 0.5) is 5.13 Å². The molecule has 1 aliphatic rings. The van der Waals surface area contributed by atoms with Gasteiger partial charge >= 0.3 is 0 Å². The lowest BCUT2D eigenvalue weighted by Crippen LogP contribution is -2.18. The van der Waals surface area contributed by atoms with Crippen LogP contribution < -0.4 is 14.8 Å². The van der Waals surface area contributed by atoms with Crippen LogP contribution in [0, 0.1) is 6.92 Å². The first-order valence-electron chi connectivity index (χ1n) is 12.7. The number of nitrogens with one attached hydrogen (secondary N) is 1. The third-order valence-electron chi connectivity index (χ3n) is 6.18. The number of methoxy groups -OCH3 is 1. The molecule has 0 saturated heterocycles. The first-order chi connectivity index (χ1) is 18.5. The molecule has 5 rings (SSSR count). The Morgan fingerprint density at radius 1 is 1.08 bits per heavy atom. The summed E-state index contributed by atoms with van der Waals surface area (Å²) in [7, 11) is 1.62. The van der Waals surface area contributed by atoms with Gasteiger partial charge in [0.2, 0.25) is 0 Å². The number of anilines is 1. The lowest BCUT2D eigenvalue weighted by Gasteiger charge is -2.16. The van der Waals surface area contributed by atoms with E-state index in [-0.39, 0.29) is 12.0 Å². The van der Waals surface area contributed by atoms with Gasteiger partial charge in [-0.3, -0.25) is 10.1 Å². The summed E-state index contributed by atoms with van der Waals surface area (Å²) in [6.45, 7) is 5.14. The highest BCUT2D eigenvalue weighted by Crippen LogP contribution is 2.31. The molecular weight excluding hydrogens is 502 g/mol. The fourth-order valence-corrected chi connectivity index (χ4v) is 5.10. The number of benzene rings is 2. The van der Waals surface area contributed by atoms with Crippen molar-refractivity contribution < 1.29 is 19.0 Å². The average molecular weight is 534 g/mol. The van der Waals surface area contributed by atoms with Crippen LogP contribution in [-0.4, -0.2) is 45.5 Å². The molecule has 1 atom stereocenters. The van der Waals surface area contributed by atoms with Gasteiger partial charge in [0.05, 0.1) is 12.3 Å². The van der Waals surface area contributed by atoms with Crippen molar-refractivity contribution in [3.8, 4) is 28.6 Å². The zero-order valence-electron chi connectivity index (χ0n) is 21.8. The number of hydrogen-bond acceptors (Lipinski definition) is 8. The molecule has 3 heterocycles. The van der Waals surface area contributed by atoms with Crippen molar-refractivity contribution in [2.75, 3.05) is 19.0 Å². The number of carbonyl (C=O) groups is 1. The number of ether oxygens (including phenoxy) is 3. The molecule has 0 spiro atoms. The maximum absolute atomic E-state index is 13.0. The third-order valence-corrected chi connectivity index (χ3v) is 7.05. The van der Waals surface area contributed by atoms with Crippen LogP contribution >= 0.6 is 11.3 Å². The van der Waals surface area contributed by atoms with Gasteiger partial charge in [-0.15, -0.1) is 21.5 Å². The van der Waals surface area contributed by atoms with Gasteiger partial charge in [-0.05, 0) is 63.1 Å². The SMILES string of the molecule is COCC(C)Oc1cc(Oc2ccc(-c3nnc4n3CCCCC4)cc2)cc(C(=O)Nc2nc(C)cs2)c1. The van der Waals surface area contributed by atoms with Crippen molar-refractivity contribution in [1.82, 2.24) is 19.7 Å². The molecule has 0 radical (unpaired) electrons. The molecule has 2 aromatic carbocycles. The van der Waals surface area contributed by atoms with E-state index in [9.17, 15) is 4.79 Å². The number of fused-ring (bicyclic) bond motifs is 1. The molecule has 1 amide bonds. The van der Waals surface area contributed by atoms with Crippen molar-refractivity contribution in [2.45, 2.75) is 52.2 Å². The monoisotopic (exact) mass is 533 g/mol. The summed E-state index contributed by atoms with van der Waals surface area (Å²) in [4.78, 5) is 17.3. The number of amides is 1. The van der Waals surface area contributed by atoms with E-state index in [4.69, 9.17) is 14.2 Å². The van der Waals surface area contributed by atoms with Crippen molar-refractivity contribution in [1.29, 1.82) is 0 Å². The lowest BCUT2D eigenvalue weighted by molar-refractivity contribution is 0.0916. The molecule has 9 nitrogen and oxygen atoms in total. The normalized spacial score (nSPS) is 13.9. The van der Waals surface area contributed by atoms with Crippen molar-refractivity contribution >= 4 is 22.4 Å². The number of carbonyl (C=O) groups excluding carboxylic acids is 1. The van der Waals surface area contributed by atoms with Crippen LogP contribution in [-0.2, 0) is 17.7 Å². The summed E-state index contributed by atoms with van der Waals surface area (Å²) < 4.78 is 19.6.